The lowest BCUT2D eigenvalue weighted by atomic mass is 10.2. The molecule has 1 heterocycles. The van der Waals surface area contributed by atoms with E-state index in [2.05, 4.69) is 10.4 Å². The van der Waals surface area contributed by atoms with Gasteiger partial charge in [0.2, 0.25) is 0 Å². The molecule has 0 saturated carbocycles. The zero-order chi connectivity index (χ0) is 12.9. The maximum atomic E-state index is 12.6. The van der Waals surface area contributed by atoms with Gasteiger partial charge in [-0.1, -0.05) is 0 Å². The fourth-order valence-corrected chi connectivity index (χ4v) is 1.49. The van der Waals surface area contributed by atoms with Gasteiger partial charge in [0.25, 0.3) is 0 Å². The van der Waals surface area contributed by atoms with Gasteiger partial charge < -0.3 is 10.4 Å². The largest absolute Gasteiger partial charge is 0.435 e. The molecule has 0 saturated heterocycles. The number of aliphatic hydroxyl groups excluding tert-OH is 1. The Morgan fingerprint density at radius 3 is 2.61 bits per heavy atom. The Balaban J connectivity index is 0.00000289. The van der Waals surface area contributed by atoms with Gasteiger partial charge in [0.05, 0.1) is 0 Å². The average molecular weight is 288 g/mol. The standard InChI is InChI=1S/C10H16F3N3O.ClH/c1-16-7-8(6-14-4-2-3-5-17)9(15-16)10(11,12)13;/h7,14,17H,2-6H2,1H3;1H. The second kappa shape index (κ2) is 7.60. The van der Waals surface area contributed by atoms with Crippen molar-refractivity contribution in [3.8, 4) is 0 Å². The second-order valence-electron chi connectivity index (χ2n) is 3.78. The lowest BCUT2D eigenvalue weighted by Gasteiger charge is -2.07. The van der Waals surface area contributed by atoms with Crippen molar-refractivity contribution < 1.29 is 18.3 Å². The molecule has 8 heteroatoms. The van der Waals surface area contributed by atoms with E-state index in [4.69, 9.17) is 5.11 Å². The molecule has 0 radical (unpaired) electrons. The monoisotopic (exact) mass is 287 g/mol. The van der Waals surface area contributed by atoms with Crippen molar-refractivity contribution in [1.82, 2.24) is 15.1 Å². The molecule has 1 aromatic rings. The smallest absolute Gasteiger partial charge is 0.396 e. The molecule has 2 N–H and O–H groups in total. The van der Waals surface area contributed by atoms with Gasteiger partial charge >= 0.3 is 6.18 Å². The summed E-state index contributed by atoms with van der Waals surface area (Å²) in [7, 11) is 1.46. The number of unbranched alkanes of at least 4 members (excludes halogenated alkanes) is 1. The van der Waals surface area contributed by atoms with Crippen LogP contribution in [0.25, 0.3) is 0 Å². The summed E-state index contributed by atoms with van der Waals surface area (Å²) in [6.45, 7) is 0.809. The predicted octanol–water partition coefficient (Wildman–Crippen LogP) is 1.72. The minimum absolute atomic E-state index is 0. The van der Waals surface area contributed by atoms with Crippen LogP contribution in [0.5, 0.6) is 0 Å². The van der Waals surface area contributed by atoms with Crippen LogP contribution in [0, 0.1) is 0 Å². The molecule has 0 aromatic carbocycles. The van der Waals surface area contributed by atoms with E-state index in [9.17, 15) is 13.2 Å². The number of hydrogen-bond acceptors (Lipinski definition) is 3. The van der Waals surface area contributed by atoms with Crippen LogP contribution < -0.4 is 5.32 Å². The third-order valence-corrected chi connectivity index (χ3v) is 2.25. The van der Waals surface area contributed by atoms with E-state index in [1.165, 1.54) is 13.2 Å². The molecule has 106 valence electrons. The van der Waals surface area contributed by atoms with Crippen molar-refractivity contribution in [3.63, 3.8) is 0 Å². The summed E-state index contributed by atoms with van der Waals surface area (Å²) in [4.78, 5) is 0. The van der Waals surface area contributed by atoms with Crippen LogP contribution in [0.3, 0.4) is 0 Å². The van der Waals surface area contributed by atoms with Crippen molar-refractivity contribution in [2.45, 2.75) is 25.6 Å². The minimum Gasteiger partial charge on any atom is -0.396 e. The highest BCUT2D eigenvalue weighted by atomic mass is 35.5. The Kier molecular flexibility index (Phi) is 7.27. The van der Waals surface area contributed by atoms with Crippen molar-refractivity contribution in [2.24, 2.45) is 7.05 Å². The van der Waals surface area contributed by atoms with Gasteiger partial charge in [-0.25, -0.2) is 0 Å². The molecule has 4 nitrogen and oxygen atoms in total. The Bertz CT molecular complexity index is 355. The van der Waals surface area contributed by atoms with Crippen LogP contribution in [0.15, 0.2) is 6.20 Å². The van der Waals surface area contributed by atoms with Crippen LogP contribution in [0.4, 0.5) is 13.2 Å². The summed E-state index contributed by atoms with van der Waals surface area (Å²) in [6.07, 6.45) is -1.67. The van der Waals surface area contributed by atoms with Gasteiger partial charge in [-0.2, -0.15) is 18.3 Å². The number of aromatic nitrogens is 2. The molecule has 0 aliphatic carbocycles. The summed E-state index contributed by atoms with van der Waals surface area (Å²) in [5, 5.41) is 14.9. The van der Waals surface area contributed by atoms with Gasteiger partial charge in [-0.05, 0) is 19.4 Å². The highest BCUT2D eigenvalue weighted by Gasteiger charge is 2.36. The molecule has 0 unspecified atom stereocenters. The summed E-state index contributed by atoms with van der Waals surface area (Å²) in [5.41, 5.74) is -0.696. The van der Waals surface area contributed by atoms with E-state index < -0.39 is 11.9 Å². The van der Waals surface area contributed by atoms with E-state index in [-0.39, 0.29) is 31.1 Å². The first-order chi connectivity index (χ1) is 7.95. The van der Waals surface area contributed by atoms with Crippen LogP contribution >= 0.6 is 12.4 Å². The first-order valence-corrected chi connectivity index (χ1v) is 5.36. The topological polar surface area (TPSA) is 50.1 Å². The average Bonchev–Trinajstić information content (AvgIpc) is 2.59. The maximum absolute atomic E-state index is 12.6. The van der Waals surface area contributed by atoms with Crippen molar-refractivity contribution in [3.05, 3.63) is 17.5 Å². The summed E-state index contributed by atoms with van der Waals surface area (Å²) in [5.74, 6) is 0. The normalized spacial score (nSPS) is 11.4. The molecular formula is C10H17ClF3N3O. The number of nitrogens with zero attached hydrogens (tertiary/aromatic N) is 2. The highest BCUT2D eigenvalue weighted by molar-refractivity contribution is 5.85. The number of aryl methyl sites for hydroxylation is 1. The zero-order valence-corrected chi connectivity index (χ0v) is 10.8. The van der Waals surface area contributed by atoms with Gasteiger partial charge in [0.15, 0.2) is 5.69 Å². The Morgan fingerprint density at radius 1 is 1.39 bits per heavy atom. The van der Waals surface area contributed by atoms with E-state index in [0.29, 0.717) is 13.0 Å². The SMILES string of the molecule is Cl.Cn1cc(CNCCCCO)c(C(F)(F)F)n1. The molecule has 1 rings (SSSR count). The van der Waals surface area contributed by atoms with Crippen LogP contribution in [-0.4, -0.2) is 28.0 Å². The Labute approximate surface area is 110 Å². The second-order valence-corrected chi connectivity index (χ2v) is 3.78. The Morgan fingerprint density at radius 2 is 2.06 bits per heavy atom. The minimum atomic E-state index is -4.41. The lowest BCUT2D eigenvalue weighted by Crippen LogP contribution is -2.18. The third-order valence-electron chi connectivity index (χ3n) is 2.25. The quantitative estimate of drug-likeness (QED) is 0.784. The molecule has 0 atom stereocenters. The van der Waals surface area contributed by atoms with E-state index in [1.54, 1.807) is 0 Å². The van der Waals surface area contributed by atoms with Crippen LogP contribution in [-0.2, 0) is 19.8 Å². The molecule has 0 fully saturated rings. The van der Waals surface area contributed by atoms with Crippen LogP contribution in [0.2, 0.25) is 0 Å². The first-order valence-electron chi connectivity index (χ1n) is 5.36. The predicted molar refractivity (Wildman–Crippen MR) is 63.5 cm³/mol. The molecule has 0 spiro atoms. The van der Waals surface area contributed by atoms with E-state index >= 15 is 0 Å². The summed E-state index contributed by atoms with van der Waals surface area (Å²) < 4.78 is 38.8. The van der Waals surface area contributed by atoms with Gasteiger partial charge in [0, 0.05) is 32.0 Å². The van der Waals surface area contributed by atoms with Gasteiger partial charge in [-0.3, -0.25) is 4.68 Å². The fourth-order valence-electron chi connectivity index (χ4n) is 1.49. The maximum Gasteiger partial charge on any atom is 0.435 e. The fraction of sp³-hybridized carbons (Fsp3) is 0.700. The molecule has 1 aromatic heterocycles. The third kappa shape index (κ3) is 5.24. The molecule has 18 heavy (non-hydrogen) atoms. The number of aliphatic hydroxyl groups is 1. The number of alkyl halides is 3. The first kappa shape index (κ1) is 17.2. The highest BCUT2D eigenvalue weighted by Crippen LogP contribution is 2.30. The number of hydrogen-bond donors (Lipinski definition) is 2. The summed E-state index contributed by atoms with van der Waals surface area (Å²) >= 11 is 0. The lowest BCUT2D eigenvalue weighted by molar-refractivity contribution is -0.142. The van der Waals surface area contributed by atoms with Gasteiger partial charge in [0.1, 0.15) is 0 Å². The number of halogens is 4. The summed E-state index contributed by atoms with van der Waals surface area (Å²) in [6, 6.07) is 0. The van der Waals surface area contributed by atoms with E-state index in [0.717, 1.165) is 11.1 Å². The molecule has 0 bridgehead atoms. The zero-order valence-electron chi connectivity index (χ0n) is 10.00. The number of rotatable bonds is 6. The van der Waals surface area contributed by atoms with Crippen molar-refractivity contribution in [2.75, 3.05) is 13.2 Å². The molecule has 0 aliphatic rings. The van der Waals surface area contributed by atoms with E-state index in [1.807, 2.05) is 0 Å². The Hall–Kier alpha value is -0.790. The molecular weight excluding hydrogens is 271 g/mol. The van der Waals surface area contributed by atoms with Crippen molar-refractivity contribution in [1.29, 1.82) is 0 Å². The van der Waals surface area contributed by atoms with Crippen LogP contribution in [0.1, 0.15) is 24.1 Å². The van der Waals surface area contributed by atoms with Gasteiger partial charge in [-0.15, -0.1) is 12.4 Å². The number of nitrogens with one attached hydrogen (secondary N) is 1. The van der Waals surface area contributed by atoms with Crippen molar-refractivity contribution >= 4 is 12.4 Å². The molecule has 0 aliphatic heterocycles. The molecule has 0 amide bonds.